The summed E-state index contributed by atoms with van der Waals surface area (Å²) < 4.78 is 19.7. The topological polar surface area (TPSA) is 35.2 Å². The van der Waals surface area contributed by atoms with Crippen LogP contribution in [0.2, 0.25) is 0 Å². The molecule has 0 bridgehead atoms. The SMILES string of the molecule is CCC1CCCCC1Oc1cc(C)c(N)cc1F. The van der Waals surface area contributed by atoms with Crippen molar-refractivity contribution < 1.29 is 9.13 Å². The maximum atomic E-state index is 13.8. The zero-order valence-electron chi connectivity index (χ0n) is 11.2. The molecule has 0 radical (unpaired) electrons. The van der Waals surface area contributed by atoms with Crippen molar-refractivity contribution in [3.05, 3.63) is 23.5 Å². The van der Waals surface area contributed by atoms with Crippen LogP contribution in [0.15, 0.2) is 12.1 Å². The van der Waals surface area contributed by atoms with E-state index in [-0.39, 0.29) is 11.9 Å². The fraction of sp³-hybridized carbons (Fsp3) is 0.600. The Morgan fingerprint density at radius 2 is 2.06 bits per heavy atom. The van der Waals surface area contributed by atoms with Gasteiger partial charge in [-0.2, -0.15) is 0 Å². The van der Waals surface area contributed by atoms with Crippen LogP contribution in [0.25, 0.3) is 0 Å². The molecule has 2 rings (SSSR count). The van der Waals surface area contributed by atoms with Gasteiger partial charge in [0.05, 0.1) is 0 Å². The van der Waals surface area contributed by atoms with Crippen LogP contribution < -0.4 is 10.5 Å². The van der Waals surface area contributed by atoms with Crippen molar-refractivity contribution in [2.75, 3.05) is 5.73 Å². The summed E-state index contributed by atoms with van der Waals surface area (Å²) in [6.07, 6.45) is 5.91. The predicted molar refractivity (Wildman–Crippen MR) is 72.2 cm³/mol. The van der Waals surface area contributed by atoms with E-state index >= 15 is 0 Å². The van der Waals surface area contributed by atoms with Crippen molar-refractivity contribution in [2.45, 2.75) is 52.1 Å². The summed E-state index contributed by atoms with van der Waals surface area (Å²) >= 11 is 0. The van der Waals surface area contributed by atoms with Gasteiger partial charge in [-0.15, -0.1) is 0 Å². The minimum Gasteiger partial charge on any atom is -0.487 e. The van der Waals surface area contributed by atoms with E-state index in [4.69, 9.17) is 10.5 Å². The van der Waals surface area contributed by atoms with Crippen molar-refractivity contribution in [3.8, 4) is 5.75 Å². The van der Waals surface area contributed by atoms with E-state index in [1.54, 1.807) is 6.07 Å². The molecule has 0 heterocycles. The number of anilines is 1. The Hall–Kier alpha value is -1.25. The van der Waals surface area contributed by atoms with Crippen LogP contribution in [0.4, 0.5) is 10.1 Å². The van der Waals surface area contributed by atoms with Crippen LogP contribution >= 0.6 is 0 Å². The summed E-state index contributed by atoms with van der Waals surface area (Å²) in [5.74, 6) is 0.557. The van der Waals surface area contributed by atoms with Crippen molar-refractivity contribution in [1.29, 1.82) is 0 Å². The highest BCUT2D eigenvalue weighted by Crippen LogP contribution is 2.32. The third-order valence-electron chi connectivity index (χ3n) is 3.96. The largest absolute Gasteiger partial charge is 0.487 e. The zero-order valence-corrected chi connectivity index (χ0v) is 11.2. The van der Waals surface area contributed by atoms with Crippen LogP contribution in [0.3, 0.4) is 0 Å². The Morgan fingerprint density at radius 1 is 1.33 bits per heavy atom. The third-order valence-corrected chi connectivity index (χ3v) is 3.96. The van der Waals surface area contributed by atoms with Gasteiger partial charge in [0.25, 0.3) is 0 Å². The van der Waals surface area contributed by atoms with Crippen LogP contribution in [0.1, 0.15) is 44.6 Å². The van der Waals surface area contributed by atoms with E-state index in [0.717, 1.165) is 18.4 Å². The number of aryl methyl sites for hydroxylation is 1. The van der Waals surface area contributed by atoms with E-state index in [9.17, 15) is 4.39 Å². The standard InChI is InChI=1S/C15H22FNO/c1-3-11-6-4-5-7-14(11)18-15-8-10(2)13(17)9-12(15)16/h8-9,11,14H,3-7,17H2,1-2H3. The molecule has 0 spiro atoms. The lowest BCUT2D eigenvalue weighted by Crippen LogP contribution is -2.30. The number of hydrogen-bond donors (Lipinski definition) is 1. The highest BCUT2D eigenvalue weighted by Gasteiger charge is 2.26. The van der Waals surface area contributed by atoms with Crippen LogP contribution in [-0.2, 0) is 0 Å². The van der Waals surface area contributed by atoms with Crippen LogP contribution in [0, 0.1) is 18.7 Å². The second-order valence-electron chi connectivity index (χ2n) is 5.25. The van der Waals surface area contributed by atoms with Gasteiger partial charge in [0.2, 0.25) is 0 Å². The minimum absolute atomic E-state index is 0.154. The zero-order chi connectivity index (χ0) is 13.1. The predicted octanol–water partition coefficient (Wildman–Crippen LogP) is 4.06. The molecule has 2 nitrogen and oxygen atoms in total. The normalized spacial score (nSPS) is 23.9. The number of halogens is 1. The number of ether oxygens (including phenoxy) is 1. The van der Waals surface area contributed by atoms with Crippen molar-refractivity contribution in [3.63, 3.8) is 0 Å². The van der Waals surface area contributed by atoms with Gasteiger partial charge in [0.15, 0.2) is 11.6 Å². The van der Waals surface area contributed by atoms with E-state index < -0.39 is 0 Å². The van der Waals surface area contributed by atoms with E-state index in [1.807, 2.05) is 6.92 Å². The summed E-state index contributed by atoms with van der Waals surface area (Å²) in [5, 5.41) is 0. The Morgan fingerprint density at radius 3 is 2.78 bits per heavy atom. The molecule has 1 saturated carbocycles. The third kappa shape index (κ3) is 2.77. The van der Waals surface area contributed by atoms with E-state index in [1.165, 1.54) is 25.3 Å². The first-order valence-corrected chi connectivity index (χ1v) is 6.84. The molecule has 2 N–H and O–H groups in total. The molecular weight excluding hydrogens is 229 g/mol. The lowest BCUT2D eigenvalue weighted by Gasteiger charge is -2.31. The van der Waals surface area contributed by atoms with Crippen molar-refractivity contribution >= 4 is 5.69 Å². The molecule has 100 valence electrons. The van der Waals surface area contributed by atoms with Gasteiger partial charge in [0.1, 0.15) is 6.10 Å². The number of hydrogen-bond acceptors (Lipinski definition) is 2. The number of benzene rings is 1. The van der Waals surface area contributed by atoms with Crippen LogP contribution in [0.5, 0.6) is 5.75 Å². The van der Waals surface area contributed by atoms with Gasteiger partial charge in [0, 0.05) is 11.8 Å². The highest BCUT2D eigenvalue weighted by molar-refractivity contribution is 5.50. The molecule has 3 heteroatoms. The quantitative estimate of drug-likeness (QED) is 0.822. The summed E-state index contributed by atoms with van der Waals surface area (Å²) in [4.78, 5) is 0. The second-order valence-corrected chi connectivity index (χ2v) is 5.25. The average Bonchev–Trinajstić information content (AvgIpc) is 2.36. The Bertz CT molecular complexity index is 419. The number of nitrogen functional groups attached to an aromatic ring is 1. The van der Waals surface area contributed by atoms with Gasteiger partial charge in [-0.3, -0.25) is 0 Å². The van der Waals surface area contributed by atoms with Crippen LogP contribution in [-0.4, -0.2) is 6.10 Å². The summed E-state index contributed by atoms with van der Waals surface area (Å²) in [5.41, 5.74) is 7.03. The lowest BCUT2D eigenvalue weighted by atomic mass is 9.85. The molecular formula is C15H22FNO. The summed E-state index contributed by atoms with van der Waals surface area (Å²) in [6.45, 7) is 4.05. The highest BCUT2D eigenvalue weighted by atomic mass is 19.1. The minimum atomic E-state index is -0.349. The van der Waals surface area contributed by atoms with Gasteiger partial charge >= 0.3 is 0 Å². The maximum absolute atomic E-state index is 13.8. The molecule has 0 amide bonds. The summed E-state index contributed by atoms with van der Waals surface area (Å²) in [7, 11) is 0. The van der Waals surface area contributed by atoms with Gasteiger partial charge in [-0.25, -0.2) is 4.39 Å². The maximum Gasteiger partial charge on any atom is 0.167 e. The Labute approximate surface area is 108 Å². The molecule has 1 aliphatic carbocycles. The van der Waals surface area contributed by atoms with Gasteiger partial charge in [-0.1, -0.05) is 13.3 Å². The first-order valence-electron chi connectivity index (χ1n) is 6.84. The van der Waals surface area contributed by atoms with E-state index in [0.29, 0.717) is 17.4 Å². The fourth-order valence-electron chi connectivity index (χ4n) is 2.72. The van der Waals surface area contributed by atoms with Crippen molar-refractivity contribution in [1.82, 2.24) is 0 Å². The van der Waals surface area contributed by atoms with E-state index in [2.05, 4.69) is 6.92 Å². The molecule has 0 saturated heterocycles. The molecule has 1 aliphatic rings. The average molecular weight is 251 g/mol. The molecule has 0 aliphatic heterocycles. The molecule has 2 atom stereocenters. The fourth-order valence-corrected chi connectivity index (χ4v) is 2.72. The molecule has 18 heavy (non-hydrogen) atoms. The molecule has 1 fully saturated rings. The Balaban J connectivity index is 2.15. The summed E-state index contributed by atoms with van der Waals surface area (Å²) in [6, 6.07) is 3.07. The monoisotopic (exact) mass is 251 g/mol. The molecule has 2 unspecified atom stereocenters. The van der Waals surface area contributed by atoms with Gasteiger partial charge < -0.3 is 10.5 Å². The lowest BCUT2D eigenvalue weighted by molar-refractivity contribution is 0.0863. The number of rotatable bonds is 3. The first-order chi connectivity index (χ1) is 8.61. The molecule has 1 aromatic carbocycles. The molecule has 1 aromatic rings. The molecule has 0 aromatic heterocycles. The van der Waals surface area contributed by atoms with Crippen molar-refractivity contribution in [2.24, 2.45) is 5.92 Å². The second kappa shape index (κ2) is 5.59. The van der Waals surface area contributed by atoms with Gasteiger partial charge in [-0.05, 0) is 50.2 Å². The first kappa shape index (κ1) is 13.2. The smallest absolute Gasteiger partial charge is 0.167 e. The number of nitrogens with two attached hydrogens (primary N) is 1. The Kier molecular flexibility index (Phi) is 4.10.